The molecule has 2 N–H and O–H groups in total. The summed E-state index contributed by atoms with van der Waals surface area (Å²) < 4.78 is 27.2. The van der Waals surface area contributed by atoms with Crippen molar-refractivity contribution >= 4 is 21.6 Å². The number of rotatable bonds is 6. The molecule has 0 unspecified atom stereocenters. The Balaban J connectivity index is 2.94. The molecule has 120 valence electrons. The maximum Gasteiger partial charge on any atom is 0.240 e. The summed E-state index contributed by atoms with van der Waals surface area (Å²) in [6, 6.07) is 5.10. The highest BCUT2D eigenvalue weighted by Gasteiger charge is 2.19. The van der Waals surface area contributed by atoms with Gasteiger partial charge in [-0.1, -0.05) is 46.2 Å². The lowest BCUT2D eigenvalue weighted by atomic mass is 9.98. The van der Waals surface area contributed by atoms with E-state index in [1.807, 2.05) is 34.6 Å². The molecule has 0 heterocycles. The summed E-state index contributed by atoms with van der Waals surface area (Å²) in [6.07, 6.45) is 0. The zero-order valence-corrected chi connectivity index (χ0v) is 14.9. The highest BCUT2D eigenvalue weighted by molar-refractivity contribution is 7.89. The third kappa shape index (κ3) is 6.34. The summed E-state index contributed by atoms with van der Waals surface area (Å²) in [4.78, 5) is 0.247. The van der Waals surface area contributed by atoms with Crippen molar-refractivity contribution in [2.45, 2.75) is 52.1 Å². The number of hydrogen-bond donors (Lipinski definition) is 2. The second-order valence-electron chi connectivity index (χ2n) is 6.67. The van der Waals surface area contributed by atoms with Crippen molar-refractivity contribution in [1.82, 2.24) is 10.0 Å². The van der Waals surface area contributed by atoms with Crippen LogP contribution in [0.3, 0.4) is 0 Å². The van der Waals surface area contributed by atoms with Gasteiger partial charge in [-0.15, -0.1) is 0 Å². The molecule has 0 spiro atoms. The van der Waals surface area contributed by atoms with Crippen LogP contribution in [0.1, 0.15) is 40.2 Å². The molecule has 1 aromatic rings. The lowest BCUT2D eigenvalue weighted by Crippen LogP contribution is -2.32. The molecular formula is C15H25ClN2O2S. The number of hydrogen-bond acceptors (Lipinski definition) is 3. The first-order valence-corrected chi connectivity index (χ1v) is 8.89. The fraction of sp³-hybridized carbons (Fsp3) is 0.600. The molecule has 0 saturated heterocycles. The van der Waals surface area contributed by atoms with Crippen molar-refractivity contribution in [2.75, 3.05) is 6.54 Å². The van der Waals surface area contributed by atoms with E-state index < -0.39 is 10.0 Å². The number of sulfonamides is 1. The lowest BCUT2D eigenvalue weighted by Gasteiger charge is -2.19. The highest BCUT2D eigenvalue weighted by Crippen LogP contribution is 2.21. The van der Waals surface area contributed by atoms with Crippen LogP contribution in [0.5, 0.6) is 0 Å². The van der Waals surface area contributed by atoms with Crippen LogP contribution in [0, 0.1) is 5.41 Å². The van der Waals surface area contributed by atoms with Crippen LogP contribution >= 0.6 is 11.6 Å². The quantitative estimate of drug-likeness (QED) is 0.841. The Morgan fingerprint density at radius 1 is 1.24 bits per heavy atom. The molecular weight excluding hydrogens is 308 g/mol. The molecule has 0 aliphatic heterocycles. The molecule has 1 rings (SSSR count). The van der Waals surface area contributed by atoms with E-state index in [1.54, 1.807) is 12.1 Å². The van der Waals surface area contributed by atoms with Gasteiger partial charge in [-0.25, -0.2) is 13.1 Å². The van der Waals surface area contributed by atoms with Gasteiger partial charge < -0.3 is 5.32 Å². The van der Waals surface area contributed by atoms with Gasteiger partial charge in [0.1, 0.15) is 0 Å². The molecule has 0 aliphatic rings. The van der Waals surface area contributed by atoms with E-state index in [2.05, 4.69) is 10.0 Å². The first-order valence-electron chi connectivity index (χ1n) is 7.03. The number of benzene rings is 1. The van der Waals surface area contributed by atoms with Crippen LogP contribution in [-0.2, 0) is 16.6 Å². The van der Waals surface area contributed by atoms with E-state index in [4.69, 9.17) is 11.6 Å². The maximum absolute atomic E-state index is 12.3. The monoisotopic (exact) mass is 332 g/mol. The highest BCUT2D eigenvalue weighted by atomic mass is 35.5. The molecule has 0 atom stereocenters. The molecule has 0 fully saturated rings. The summed E-state index contributed by atoms with van der Waals surface area (Å²) in [6.45, 7) is 10.9. The molecule has 4 nitrogen and oxygen atoms in total. The van der Waals surface area contributed by atoms with Crippen molar-refractivity contribution in [3.63, 3.8) is 0 Å². The molecule has 0 amide bonds. The van der Waals surface area contributed by atoms with Gasteiger partial charge in [-0.05, 0) is 29.2 Å². The molecule has 0 aromatic heterocycles. The summed E-state index contributed by atoms with van der Waals surface area (Å²) in [5.41, 5.74) is 0.672. The van der Waals surface area contributed by atoms with Crippen LogP contribution in [-0.4, -0.2) is 21.0 Å². The molecule has 0 aliphatic carbocycles. The second kappa shape index (κ2) is 7.09. The normalized spacial score (nSPS) is 12.9. The van der Waals surface area contributed by atoms with Crippen LogP contribution in [0.4, 0.5) is 0 Å². The summed E-state index contributed by atoms with van der Waals surface area (Å²) in [7, 11) is -3.51. The van der Waals surface area contributed by atoms with Gasteiger partial charge in [0.05, 0.1) is 4.90 Å². The average Bonchev–Trinajstić information content (AvgIpc) is 2.34. The minimum atomic E-state index is -3.51. The van der Waals surface area contributed by atoms with E-state index in [9.17, 15) is 8.42 Å². The molecule has 0 bridgehead atoms. The maximum atomic E-state index is 12.3. The summed E-state index contributed by atoms with van der Waals surface area (Å²) >= 11 is 6.12. The Labute approximate surface area is 133 Å². The zero-order valence-electron chi connectivity index (χ0n) is 13.3. The van der Waals surface area contributed by atoms with E-state index in [0.717, 1.165) is 5.56 Å². The standard InChI is InChI=1S/C15H25ClN2O2S/c1-11(2)17-9-12-8-13(6-7-14(12)16)21(19,20)18-10-15(3,4)5/h6-8,11,17-18H,9-10H2,1-5H3. The Morgan fingerprint density at radius 3 is 2.38 bits per heavy atom. The largest absolute Gasteiger partial charge is 0.310 e. The van der Waals surface area contributed by atoms with E-state index in [0.29, 0.717) is 24.2 Å². The molecule has 0 saturated carbocycles. The van der Waals surface area contributed by atoms with Crippen molar-refractivity contribution in [3.05, 3.63) is 28.8 Å². The van der Waals surface area contributed by atoms with Gasteiger partial charge in [0.15, 0.2) is 0 Å². The minimum Gasteiger partial charge on any atom is -0.310 e. The Kier molecular flexibility index (Phi) is 6.23. The lowest BCUT2D eigenvalue weighted by molar-refractivity contribution is 0.407. The fourth-order valence-corrected chi connectivity index (χ4v) is 3.08. The molecule has 1 aromatic carbocycles. The van der Waals surface area contributed by atoms with Gasteiger partial charge in [0, 0.05) is 24.2 Å². The van der Waals surface area contributed by atoms with Crippen molar-refractivity contribution in [3.8, 4) is 0 Å². The topological polar surface area (TPSA) is 58.2 Å². The van der Waals surface area contributed by atoms with Crippen molar-refractivity contribution < 1.29 is 8.42 Å². The first kappa shape index (κ1) is 18.4. The van der Waals surface area contributed by atoms with E-state index >= 15 is 0 Å². The number of nitrogens with one attached hydrogen (secondary N) is 2. The summed E-state index contributed by atoms with van der Waals surface area (Å²) in [5, 5.41) is 3.81. The van der Waals surface area contributed by atoms with Crippen molar-refractivity contribution in [1.29, 1.82) is 0 Å². The fourth-order valence-electron chi connectivity index (χ4n) is 1.56. The predicted molar refractivity (Wildman–Crippen MR) is 88.1 cm³/mol. The van der Waals surface area contributed by atoms with Gasteiger partial charge in [0.2, 0.25) is 10.0 Å². The third-order valence-corrected chi connectivity index (χ3v) is 4.59. The molecule has 21 heavy (non-hydrogen) atoms. The van der Waals surface area contributed by atoms with Crippen LogP contribution in [0.15, 0.2) is 23.1 Å². The number of halogens is 1. The Hall–Kier alpha value is -0.620. The third-order valence-electron chi connectivity index (χ3n) is 2.82. The van der Waals surface area contributed by atoms with Gasteiger partial charge in [-0.2, -0.15) is 0 Å². The van der Waals surface area contributed by atoms with Crippen LogP contribution < -0.4 is 10.0 Å². The average molecular weight is 333 g/mol. The zero-order chi connectivity index (χ0) is 16.3. The van der Waals surface area contributed by atoms with Crippen LogP contribution in [0.2, 0.25) is 5.02 Å². The van der Waals surface area contributed by atoms with E-state index in [1.165, 1.54) is 6.07 Å². The minimum absolute atomic E-state index is 0.110. The Bertz CT molecular complexity index is 578. The molecule has 0 radical (unpaired) electrons. The van der Waals surface area contributed by atoms with Crippen molar-refractivity contribution in [2.24, 2.45) is 5.41 Å². The van der Waals surface area contributed by atoms with Gasteiger partial charge in [0.25, 0.3) is 0 Å². The Morgan fingerprint density at radius 2 is 1.86 bits per heavy atom. The summed E-state index contributed by atoms with van der Waals surface area (Å²) in [5.74, 6) is 0. The second-order valence-corrected chi connectivity index (χ2v) is 8.85. The molecule has 6 heteroatoms. The first-order chi connectivity index (χ1) is 9.51. The van der Waals surface area contributed by atoms with Gasteiger partial charge >= 0.3 is 0 Å². The van der Waals surface area contributed by atoms with Gasteiger partial charge in [-0.3, -0.25) is 0 Å². The van der Waals surface area contributed by atoms with Crippen LogP contribution in [0.25, 0.3) is 0 Å². The predicted octanol–water partition coefficient (Wildman–Crippen LogP) is 3.16. The SMILES string of the molecule is CC(C)NCc1cc(S(=O)(=O)NCC(C)(C)C)ccc1Cl. The van der Waals surface area contributed by atoms with E-state index in [-0.39, 0.29) is 10.3 Å². The smallest absolute Gasteiger partial charge is 0.240 e.